The lowest BCUT2D eigenvalue weighted by Gasteiger charge is -2.12. The van der Waals surface area contributed by atoms with Gasteiger partial charge in [-0.15, -0.1) is 12.4 Å². The van der Waals surface area contributed by atoms with Gasteiger partial charge in [-0.1, -0.05) is 11.3 Å². The van der Waals surface area contributed by atoms with E-state index in [1.54, 1.807) is 7.11 Å². The Labute approximate surface area is 148 Å². The van der Waals surface area contributed by atoms with Crippen LogP contribution < -0.4 is 15.4 Å². The molecular weight excluding hydrogens is 350 g/mol. The zero-order valence-electron chi connectivity index (χ0n) is 12.9. The highest BCUT2D eigenvalue weighted by Gasteiger charge is 2.22. The summed E-state index contributed by atoms with van der Waals surface area (Å²) in [5, 5.41) is 13.8. The molecule has 0 radical (unpaired) electrons. The zero-order chi connectivity index (χ0) is 15.8. The standard InChI is InChI=1S/C15H15N5O2S.ClH/c1-22-8-2-3-11-12(6-8)23-15(17-11)18-14(21)13-9-7-16-5-4-10(9)19-20-13;/h2-3,6,16H,4-5,7H2,1H3,(H,19,20)(H,17,18,21);1H. The quantitative estimate of drug-likeness (QED) is 0.662. The Balaban J connectivity index is 0.00000169. The highest BCUT2D eigenvalue weighted by atomic mass is 35.5. The SMILES string of the molecule is COc1ccc2nc(NC(=O)c3n[nH]c4c3CNCC4)sc2c1.Cl. The molecule has 1 aliphatic heterocycles. The molecule has 7 nitrogen and oxygen atoms in total. The first-order valence-electron chi connectivity index (χ1n) is 7.27. The first kappa shape index (κ1) is 16.7. The molecule has 1 aliphatic rings. The molecule has 1 aromatic carbocycles. The molecule has 0 bridgehead atoms. The third-order valence-electron chi connectivity index (χ3n) is 3.84. The summed E-state index contributed by atoms with van der Waals surface area (Å²) in [7, 11) is 1.62. The topological polar surface area (TPSA) is 91.9 Å². The van der Waals surface area contributed by atoms with Gasteiger partial charge in [0.2, 0.25) is 0 Å². The summed E-state index contributed by atoms with van der Waals surface area (Å²) in [5.74, 6) is 0.531. The fourth-order valence-electron chi connectivity index (χ4n) is 2.65. The number of hydrogen-bond acceptors (Lipinski definition) is 6. The predicted octanol–water partition coefficient (Wildman–Crippen LogP) is 2.35. The fourth-order valence-corrected chi connectivity index (χ4v) is 3.54. The molecule has 1 amide bonds. The minimum Gasteiger partial charge on any atom is -0.497 e. The van der Waals surface area contributed by atoms with Crippen LogP contribution in [0.15, 0.2) is 18.2 Å². The highest BCUT2D eigenvalue weighted by Crippen LogP contribution is 2.29. The Morgan fingerprint density at radius 1 is 1.42 bits per heavy atom. The molecule has 3 aromatic rings. The molecule has 9 heteroatoms. The van der Waals surface area contributed by atoms with E-state index in [0.717, 1.165) is 40.2 Å². The maximum atomic E-state index is 12.5. The van der Waals surface area contributed by atoms with Crippen LogP contribution in [0.3, 0.4) is 0 Å². The van der Waals surface area contributed by atoms with Gasteiger partial charge in [0.25, 0.3) is 5.91 Å². The van der Waals surface area contributed by atoms with Crippen molar-refractivity contribution in [3.63, 3.8) is 0 Å². The maximum Gasteiger partial charge on any atom is 0.278 e. The van der Waals surface area contributed by atoms with Gasteiger partial charge in [0.15, 0.2) is 10.8 Å². The van der Waals surface area contributed by atoms with E-state index in [9.17, 15) is 4.79 Å². The number of H-pyrrole nitrogens is 1. The molecule has 24 heavy (non-hydrogen) atoms. The summed E-state index contributed by atoms with van der Waals surface area (Å²) < 4.78 is 6.17. The molecule has 3 heterocycles. The molecule has 0 spiro atoms. The van der Waals surface area contributed by atoms with Crippen molar-refractivity contribution >= 4 is 45.0 Å². The van der Waals surface area contributed by atoms with Gasteiger partial charge >= 0.3 is 0 Å². The van der Waals surface area contributed by atoms with E-state index in [-0.39, 0.29) is 18.3 Å². The summed E-state index contributed by atoms with van der Waals surface area (Å²) in [5.41, 5.74) is 3.24. The van der Waals surface area contributed by atoms with Crippen molar-refractivity contribution < 1.29 is 9.53 Å². The van der Waals surface area contributed by atoms with Gasteiger partial charge in [0.1, 0.15) is 5.75 Å². The van der Waals surface area contributed by atoms with Crippen molar-refractivity contribution in [3.8, 4) is 5.75 Å². The Kier molecular flexibility index (Phi) is 4.70. The first-order valence-corrected chi connectivity index (χ1v) is 8.09. The van der Waals surface area contributed by atoms with E-state index in [2.05, 4.69) is 25.8 Å². The number of hydrogen-bond donors (Lipinski definition) is 3. The van der Waals surface area contributed by atoms with E-state index in [0.29, 0.717) is 17.4 Å². The largest absolute Gasteiger partial charge is 0.497 e. The Bertz CT molecular complexity index is 891. The van der Waals surface area contributed by atoms with Crippen LogP contribution in [0.2, 0.25) is 0 Å². The second kappa shape index (κ2) is 6.76. The van der Waals surface area contributed by atoms with E-state index in [4.69, 9.17) is 4.74 Å². The number of rotatable bonds is 3. The van der Waals surface area contributed by atoms with Crippen LogP contribution in [0, 0.1) is 0 Å². The molecular formula is C15H16ClN5O2S. The van der Waals surface area contributed by atoms with Gasteiger partial charge in [-0.2, -0.15) is 5.10 Å². The first-order chi connectivity index (χ1) is 11.2. The van der Waals surface area contributed by atoms with Crippen LogP contribution in [0.1, 0.15) is 21.7 Å². The van der Waals surface area contributed by atoms with Crippen molar-refractivity contribution in [1.29, 1.82) is 0 Å². The van der Waals surface area contributed by atoms with Crippen LogP contribution in [-0.2, 0) is 13.0 Å². The number of ether oxygens (including phenoxy) is 1. The summed E-state index contributed by atoms with van der Waals surface area (Å²) in [6, 6.07) is 5.63. The fraction of sp³-hybridized carbons (Fsp3) is 0.267. The summed E-state index contributed by atoms with van der Waals surface area (Å²) in [6.07, 6.45) is 0.858. The van der Waals surface area contributed by atoms with E-state index >= 15 is 0 Å². The van der Waals surface area contributed by atoms with E-state index in [1.165, 1.54) is 11.3 Å². The monoisotopic (exact) mass is 365 g/mol. The average molecular weight is 366 g/mol. The van der Waals surface area contributed by atoms with Crippen LogP contribution in [0.25, 0.3) is 10.2 Å². The molecule has 2 aromatic heterocycles. The van der Waals surface area contributed by atoms with E-state index in [1.807, 2.05) is 18.2 Å². The molecule has 0 saturated carbocycles. The van der Waals surface area contributed by atoms with Gasteiger partial charge in [-0.05, 0) is 18.2 Å². The normalized spacial score (nSPS) is 13.2. The Morgan fingerprint density at radius 3 is 3.12 bits per heavy atom. The second-order valence-electron chi connectivity index (χ2n) is 5.26. The number of aromatic nitrogens is 3. The molecule has 4 rings (SSSR count). The molecule has 0 aliphatic carbocycles. The number of methoxy groups -OCH3 is 1. The van der Waals surface area contributed by atoms with Gasteiger partial charge in [-0.25, -0.2) is 4.98 Å². The number of fused-ring (bicyclic) bond motifs is 2. The second-order valence-corrected chi connectivity index (χ2v) is 6.29. The third-order valence-corrected chi connectivity index (χ3v) is 4.77. The third kappa shape index (κ3) is 2.95. The number of carbonyl (C=O) groups excluding carboxylic acids is 1. The Hall–Kier alpha value is -2.16. The number of nitrogens with zero attached hydrogens (tertiary/aromatic N) is 2. The number of aromatic amines is 1. The lowest BCUT2D eigenvalue weighted by molar-refractivity contribution is 0.102. The Morgan fingerprint density at radius 2 is 2.29 bits per heavy atom. The van der Waals surface area contributed by atoms with Crippen LogP contribution in [0.4, 0.5) is 5.13 Å². The maximum absolute atomic E-state index is 12.5. The van der Waals surface area contributed by atoms with Gasteiger partial charge in [0, 0.05) is 30.8 Å². The molecule has 0 saturated heterocycles. The number of nitrogens with one attached hydrogen (secondary N) is 3. The lowest BCUT2D eigenvalue weighted by atomic mass is 10.1. The van der Waals surface area contributed by atoms with Gasteiger partial charge < -0.3 is 10.1 Å². The summed E-state index contributed by atoms with van der Waals surface area (Å²) in [6.45, 7) is 1.56. The molecule has 0 atom stereocenters. The van der Waals surface area contributed by atoms with Crippen molar-refractivity contribution in [2.75, 3.05) is 19.0 Å². The smallest absolute Gasteiger partial charge is 0.278 e. The molecule has 0 unspecified atom stereocenters. The van der Waals surface area contributed by atoms with Gasteiger partial charge in [0.05, 0.1) is 17.3 Å². The van der Waals surface area contributed by atoms with Crippen molar-refractivity contribution in [3.05, 3.63) is 35.2 Å². The number of carbonyl (C=O) groups is 1. The van der Waals surface area contributed by atoms with E-state index < -0.39 is 0 Å². The minimum absolute atomic E-state index is 0. The number of benzene rings is 1. The van der Waals surface area contributed by atoms with Crippen molar-refractivity contribution in [2.24, 2.45) is 0 Å². The van der Waals surface area contributed by atoms with Crippen LogP contribution in [-0.4, -0.2) is 34.7 Å². The number of thiazole rings is 1. The van der Waals surface area contributed by atoms with Crippen LogP contribution >= 0.6 is 23.7 Å². The van der Waals surface area contributed by atoms with Gasteiger partial charge in [-0.3, -0.25) is 15.2 Å². The average Bonchev–Trinajstić information content (AvgIpc) is 3.17. The van der Waals surface area contributed by atoms with Crippen molar-refractivity contribution in [2.45, 2.75) is 13.0 Å². The number of halogens is 1. The summed E-state index contributed by atoms with van der Waals surface area (Å²) in [4.78, 5) is 16.9. The lowest BCUT2D eigenvalue weighted by Crippen LogP contribution is -2.25. The summed E-state index contributed by atoms with van der Waals surface area (Å²) >= 11 is 1.41. The number of anilines is 1. The van der Waals surface area contributed by atoms with Crippen LogP contribution in [0.5, 0.6) is 5.75 Å². The highest BCUT2D eigenvalue weighted by molar-refractivity contribution is 7.22. The predicted molar refractivity (Wildman–Crippen MR) is 95.4 cm³/mol. The molecule has 3 N–H and O–H groups in total. The minimum atomic E-state index is -0.239. The molecule has 126 valence electrons. The zero-order valence-corrected chi connectivity index (χ0v) is 14.5. The van der Waals surface area contributed by atoms with Crippen molar-refractivity contribution in [1.82, 2.24) is 20.5 Å². The number of amides is 1. The molecule has 0 fully saturated rings.